The largest absolute Gasteiger partial charge is 0.484 e. The maximum absolute atomic E-state index is 12.5. The molecule has 0 unspecified atom stereocenters. The molecule has 0 saturated carbocycles. The summed E-state index contributed by atoms with van der Waals surface area (Å²) in [4.78, 5) is 14.3. The molecule has 1 amide bonds. The Labute approximate surface area is 135 Å². The number of hydrogen-bond acceptors (Lipinski definition) is 2. The summed E-state index contributed by atoms with van der Waals surface area (Å²) >= 11 is 5.99. The first-order valence-corrected chi connectivity index (χ1v) is 7.73. The van der Waals surface area contributed by atoms with Crippen LogP contribution in [0.4, 0.5) is 5.69 Å². The lowest BCUT2D eigenvalue weighted by Crippen LogP contribution is -2.39. The molecule has 3 rings (SSSR count). The molecule has 2 aromatic rings. The minimum Gasteiger partial charge on any atom is -0.484 e. The van der Waals surface area contributed by atoms with Crippen molar-refractivity contribution in [1.82, 2.24) is 0 Å². The van der Waals surface area contributed by atoms with E-state index < -0.39 is 0 Å². The predicted molar refractivity (Wildman–Crippen MR) is 88.8 cm³/mol. The first kappa shape index (κ1) is 14.9. The van der Waals surface area contributed by atoms with Gasteiger partial charge in [0, 0.05) is 16.8 Å². The molecule has 0 aliphatic carbocycles. The van der Waals surface area contributed by atoms with E-state index in [2.05, 4.69) is 13.0 Å². The summed E-state index contributed by atoms with van der Waals surface area (Å²) in [6, 6.07) is 13.6. The van der Waals surface area contributed by atoms with Gasteiger partial charge in [0.1, 0.15) is 5.75 Å². The van der Waals surface area contributed by atoms with Gasteiger partial charge in [0.25, 0.3) is 5.91 Å². The number of carbonyl (C=O) groups excluding carboxylic acids is 1. The summed E-state index contributed by atoms with van der Waals surface area (Å²) in [5.74, 6) is 0.639. The van der Waals surface area contributed by atoms with Gasteiger partial charge in [0.15, 0.2) is 6.61 Å². The normalized spacial score (nSPS) is 16.5. The lowest BCUT2D eigenvalue weighted by molar-refractivity contribution is -0.120. The number of aryl methyl sites for hydroxylation is 1. The zero-order chi connectivity index (χ0) is 15.7. The van der Waals surface area contributed by atoms with Crippen LogP contribution in [0.25, 0.3) is 0 Å². The van der Waals surface area contributed by atoms with Crippen molar-refractivity contribution < 1.29 is 9.53 Å². The van der Waals surface area contributed by atoms with Crippen LogP contribution in [0.2, 0.25) is 5.02 Å². The standard InChI is InChI=1S/C18H18ClNO2/c1-12-9-15(7-8-16(12)19)22-11-18(21)20-13(2)10-14-5-3-4-6-17(14)20/h3-9,13H,10-11H2,1-2H3/t13-/m0/s1. The summed E-state index contributed by atoms with van der Waals surface area (Å²) in [6.45, 7) is 4.00. The quantitative estimate of drug-likeness (QED) is 0.856. The second kappa shape index (κ2) is 6.01. The van der Waals surface area contributed by atoms with E-state index in [1.165, 1.54) is 5.56 Å². The van der Waals surface area contributed by atoms with Crippen molar-refractivity contribution in [1.29, 1.82) is 0 Å². The highest BCUT2D eigenvalue weighted by molar-refractivity contribution is 6.31. The fourth-order valence-electron chi connectivity index (χ4n) is 2.87. The Morgan fingerprint density at radius 1 is 1.32 bits per heavy atom. The third kappa shape index (κ3) is 2.81. The lowest BCUT2D eigenvalue weighted by Gasteiger charge is -2.22. The van der Waals surface area contributed by atoms with Gasteiger partial charge >= 0.3 is 0 Å². The number of ether oxygens (including phenoxy) is 1. The zero-order valence-corrected chi connectivity index (χ0v) is 13.4. The second-order valence-corrected chi connectivity index (χ2v) is 6.05. The fourth-order valence-corrected chi connectivity index (χ4v) is 2.98. The van der Waals surface area contributed by atoms with Crippen molar-refractivity contribution in [3.05, 3.63) is 58.6 Å². The minimum absolute atomic E-state index is 0.0231. The molecule has 0 saturated heterocycles. The maximum Gasteiger partial charge on any atom is 0.265 e. The van der Waals surface area contributed by atoms with Crippen molar-refractivity contribution in [2.75, 3.05) is 11.5 Å². The van der Waals surface area contributed by atoms with Gasteiger partial charge in [-0.25, -0.2) is 0 Å². The summed E-state index contributed by atoms with van der Waals surface area (Å²) < 4.78 is 5.63. The van der Waals surface area contributed by atoms with E-state index in [1.807, 2.05) is 36.1 Å². The molecule has 0 spiro atoms. The molecule has 1 heterocycles. The number of para-hydroxylation sites is 1. The molecular weight excluding hydrogens is 298 g/mol. The zero-order valence-electron chi connectivity index (χ0n) is 12.7. The fraction of sp³-hybridized carbons (Fsp3) is 0.278. The first-order chi connectivity index (χ1) is 10.6. The van der Waals surface area contributed by atoms with Gasteiger partial charge in [0.05, 0.1) is 0 Å². The molecule has 22 heavy (non-hydrogen) atoms. The molecule has 0 bridgehead atoms. The van der Waals surface area contributed by atoms with Crippen molar-refractivity contribution in [2.24, 2.45) is 0 Å². The Morgan fingerprint density at radius 3 is 2.86 bits per heavy atom. The number of fused-ring (bicyclic) bond motifs is 1. The number of halogens is 1. The summed E-state index contributed by atoms with van der Waals surface area (Å²) in [6.07, 6.45) is 0.891. The van der Waals surface area contributed by atoms with Crippen LogP contribution in [-0.4, -0.2) is 18.6 Å². The number of hydrogen-bond donors (Lipinski definition) is 0. The minimum atomic E-state index is -0.0231. The number of anilines is 1. The Kier molecular flexibility index (Phi) is 4.08. The molecular formula is C18H18ClNO2. The number of carbonyl (C=O) groups is 1. The highest BCUT2D eigenvalue weighted by Crippen LogP contribution is 2.32. The topological polar surface area (TPSA) is 29.5 Å². The molecule has 0 N–H and O–H groups in total. The van der Waals surface area contributed by atoms with Crippen LogP contribution in [0.15, 0.2) is 42.5 Å². The summed E-state index contributed by atoms with van der Waals surface area (Å²) in [5.41, 5.74) is 3.15. The molecule has 0 aromatic heterocycles. The van der Waals surface area contributed by atoms with Crippen molar-refractivity contribution in [2.45, 2.75) is 26.3 Å². The smallest absolute Gasteiger partial charge is 0.265 e. The summed E-state index contributed by atoms with van der Waals surface area (Å²) in [5, 5.41) is 0.695. The van der Waals surface area contributed by atoms with Crippen molar-refractivity contribution in [3.8, 4) is 5.75 Å². The number of nitrogens with zero attached hydrogens (tertiary/aromatic N) is 1. The van der Waals surface area contributed by atoms with Crippen molar-refractivity contribution >= 4 is 23.2 Å². The molecule has 4 heteroatoms. The highest BCUT2D eigenvalue weighted by atomic mass is 35.5. The second-order valence-electron chi connectivity index (χ2n) is 5.65. The van der Waals surface area contributed by atoms with E-state index in [-0.39, 0.29) is 18.6 Å². The van der Waals surface area contributed by atoms with Crippen LogP contribution < -0.4 is 9.64 Å². The van der Waals surface area contributed by atoms with Crippen LogP contribution in [0.5, 0.6) is 5.75 Å². The number of amides is 1. The molecule has 3 nitrogen and oxygen atoms in total. The average Bonchev–Trinajstić information content (AvgIpc) is 2.84. The van der Waals surface area contributed by atoms with E-state index in [0.29, 0.717) is 10.8 Å². The van der Waals surface area contributed by atoms with Crippen LogP contribution in [0, 0.1) is 6.92 Å². The first-order valence-electron chi connectivity index (χ1n) is 7.35. The maximum atomic E-state index is 12.5. The van der Waals surface area contributed by atoms with Gasteiger partial charge in [0.2, 0.25) is 0 Å². The Hall–Kier alpha value is -2.00. The number of rotatable bonds is 3. The molecule has 114 valence electrons. The van der Waals surface area contributed by atoms with Crippen molar-refractivity contribution in [3.63, 3.8) is 0 Å². The summed E-state index contributed by atoms with van der Waals surface area (Å²) in [7, 11) is 0. The predicted octanol–water partition coefficient (Wildman–Crippen LogP) is 4.01. The van der Waals surface area contributed by atoms with E-state index in [0.717, 1.165) is 17.7 Å². The van der Waals surface area contributed by atoms with Gasteiger partial charge in [-0.15, -0.1) is 0 Å². The van der Waals surface area contributed by atoms with E-state index in [4.69, 9.17) is 16.3 Å². The van der Waals surface area contributed by atoms with Crippen LogP contribution >= 0.6 is 11.6 Å². The lowest BCUT2D eigenvalue weighted by atomic mass is 10.1. The number of benzene rings is 2. The SMILES string of the molecule is Cc1cc(OCC(=O)N2c3ccccc3C[C@@H]2C)ccc1Cl. The van der Waals surface area contributed by atoms with E-state index >= 15 is 0 Å². The van der Waals surface area contributed by atoms with Gasteiger partial charge < -0.3 is 9.64 Å². The van der Waals surface area contributed by atoms with Crippen LogP contribution in [-0.2, 0) is 11.2 Å². The Morgan fingerprint density at radius 2 is 2.09 bits per heavy atom. The van der Waals surface area contributed by atoms with Gasteiger partial charge in [-0.1, -0.05) is 29.8 Å². The highest BCUT2D eigenvalue weighted by Gasteiger charge is 2.30. The van der Waals surface area contributed by atoms with Crippen LogP contribution in [0.1, 0.15) is 18.1 Å². The van der Waals surface area contributed by atoms with E-state index in [1.54, 1.807) is 12.1 Å². The molecule has 0 fully saturated rings. The molecule has 0 radical (unpaired) electrons. The molecule has 1 aliphatic rings. The van der Waals surface area contributed by atoms with Gasteiger partial charge in [-0.05, 0) is 55.7 Å². The molecule has 2 aromatic carbocycles. The monoisotopic (exact) mass is 315 g/mol. The average molecular weight is 316 g/mol. The van der Waals surface area contributed by atoms with Gasteiger partial charge in [-0.2, -0.15) is 0 Å². The Bertz CT molecular complexity index is 714. The van der Waals surface area contributed by atoms with Gasteiger partial charge in [-0.3, -0.25) is 4.79 Å². The molecule has 1 aliphatic heterocycles. The third-order valence-corrected chi connectivity index (χ3v) is 4.39. The van der Waals surface area contributed by atoms with E-state index in [9.17, 15) is 4.79 Å². The van der Waals surface area contributed by atoms with Crippen LogP contribution in [0.3, 0.4) is 0 Å². The third-order valence-electron chi connectivity index (χ3n) is 3.97. The molecule has 1 atom stereocenters. The Balaban J connectivity index is 1.71.